The smallest absolute Gasteiger partial charge is 0.416 e. The molecule has 0 saturated heterocycles. The van der Waals surface area contributed by atoms with Crippen molar-refractivity contribution in [1.82, 2.24) is 0 Å². The van der Waals surface area contributed by atoms with Crippen LogP contribution in [0.15, 0.2) is 29.4 Å². The Balaban J connectivity index is 2.25. The van der Waals surface area contributed by atoms with Crippen LogP contribution in [0.4, 0.5) is 18.9 Å². The third-order valence-corrected chi connectivity index (χ3v) is 2.47. The molecule has 0 spiro atoms. The lowest BCUT2D eigenvalue weighted by atomic mass is 10.2. The van der Waals surface area contributed by atoms with Crippen LogP contribution >= 0.6 is 0 Å². The maximum atomic E-state index is 12.4. The van der Waals surface area contributed by atoms with Crippen LogP contribution in [0.3, 0.4) is 0 Å². The number of hydrazone groups is 1. The normalized spacial score (nSPS) is 15.6. The lowest BCUT2D eigenvalue weighted by Gasteiger charge is -2.13. The molecule has 100 valence electrons. The van der Waals surface area contributed by atoms with Crippen molar-refractivity contribution in [3.63, 3.8) is 0 Å². The van der Waals surface area contributed by atoms with E-state index >= 15 is 0 Å². The molecule has 1 heterocycles. The lowest BCUT2D eigenvalue weighted by molar-refractivity contribution is -0.137. The summed E-state index contributed by atoms with van der Waals surface area (Å²) in [6.45, 7) is -0.299. The quantitative estimate of drug-likeness (QED) is 0.886. The Kier molecular flexibility index (Phi) is 3.01. The first-order chi connectivity index (χ1) is 8.79. The number of halogens is 3. The molecule has 2 rings (SSSR count). The summed E-state index contributed by atoms with van der Waals surface area (Å²) in [5.74, 6) is -2.15. The van der Waals surface area contributed by atoms with Gasteiger partial charge in [-0.3, -0.25) is 9.80 Å². The first-order valence-corrected chi connectivity index (χ1v) is 5.09. The minimum atomic E-state index is -4.45. The highest BCUT2D eigenvalue weighted by molar-refractivity contribution is 6.65. The first-order valence-electron chi connectivity index (χ1n) is 5.09. The largest absolute Gasteiger partial charge is 0.476 e. The van der Waals surface area contributed by atoms with Gasteiger partial charge in [-0.05, 0) is 24.3 Å². The monoisotopic (exact) mass is 272 g/mol. The maximum absolute atomic E-state index is 12.4. The fourth-order valence-electron chi connectivity index (χ4n) is 1.56. The van der Waals surface area contributed by atoms with E-state index in [9.17, 15) is 22.8 Å². The number of carboxylic acid groups (broad SMARTS) is 1. The lowest BCUT2D eigenvalue weighted by Crippen LogP contribution is -2.23. The molecule has 1 aromatic carbocycles. The summed E-state index contributed by atoms with van der Waals surface area (Å²) in [5.41, 5.74) is -1.23. The second-order valence-corrected chi connectivity index (χ2v) is 3.78. The average molecular weight is 272 g/mol. The van der Waals surface area contributed by atoms with E-state index < -0.39 is 29.2 Å². The standard InChI is InChI=1S/C11H7F3N2O3/c12-11(13,14)6-1-3-7(4-2-6)16-5-8(17)9(15-16)10(18)19/h1-4H,5H2,(H,18,19). The topological polar surface area (TPSA) is 70.0 Å². The SMILES string of the molecule is O=C(O)C1=NN(c2ccc(C(F)(F)F)cc2)CC1=O. The fraction of sp³-hybridized carbons (Fsp3) is 0.182. The van der Waals surface area contributed by atoms with Crippen LogP contribution in [0, 0.1) is 0 Å². The number of rotatable bonds is 2. The molecule has 8 heteroatoms. The van der Waals surface area contributed by atoms with Crippen LogP contribution < -0.4 is 5.01 Å². The van der Waals surface area contributed by atoms with Crippen LogP contribution in [0.25, 0.3) is 0 Å². The van der Waals surface area contributed by atoms with Crippen molar-refractivity contribution in [3.8, 4) is 0 Å². The Morgan fingerprint density at radius 3 is 2.26 bits per heavy atom. The van der Waals surface area contributed by atoms with Crippen molar-refractivity contribution in [3.05, 3.63) is 29.8 Å². The number of hydrogen-bond donors (Lipinski definition) is 1. The van der Waals surface area contributed by atoms with Crippen molar-refractivity contribution >= 4 is 23.2 Å². The molecule has 5 nitrogen and oxygen atoms in total. The van der Waals surface area contributed by atoms with E-state index in [1.165, 1.54) is 0 Å². The van der Waals surface area contributed by atoms with E-state index in [2.05, 4.69) is 5.10 Å². The minimum Gasteiger partial charge on any atom is -0.476 e. The zero-order valence-corrected chi connectivity index (χ0v) is 9.31. The van der Waals surface area contributed by atoms with Crippen LogP contribution in [0.5, 0.6) is 0 Å². The number of carbonyl (C=O) groups excluding carboxylic acids is 1. The number of alkyl halides is 3. The molecular weight excluding hydrogens is 265 g/mol. The van der Waals surface area contributed by atoms with Gasteiger partial charge in [0.25, 0.3) is 0 Å². The van der Waals surface area contributed by atoms with E-state index in [-0.39, 0.29) is 12.2 Å². The molecule has 0 amide bonds. The summed E-state index contributed by atoms with van der Waals surface area (Å²) in [6, 6.07) is 3.94. The molecule has 19 heavy (non-hydrogen) atoms. The van der Waals surface area contributed by atoms with Crippen LogP contribution in [0.1, 0.15) is 5.56 Å². The predicted molar refractivity (Wildman–Crippen MR) is 58.9 cm³/mol. The Labute approximate surface area is 104 Å². The maximum Gasteiger partial charge on any atom is 0.416 e. The highest BCUT2D eigenvalue weighted by atomic mass is 19.4. The van der Waals surface area contributed by atoms with Gasteiger partial charge in [-0.2, -0.15) is 18.3 Å². The van der Waals surface area contributed by atoms with E-state index in [0.29, 0.717) is 0 Å². The number of hydrogen-bond acceptors (Lipinski definition) is 4. The molecule has 0 radical (unpaired) electrons. The van der Waals surface area contributed by atoms with Gasteiger partial charge < -0.3 is 5.11 Å². The molecule has 0 bridgehead atoms. The molecule has 1 aliphatic heterocycles. The van der Waals surface area contributed by atoms with Gasteiger partial charge >= 0.3 is 12.1 Å². The van der Waals surface area contributed by atoms with Gasteiger partial charge in [-0.1, -0.05) is 0 Å². The van der Waals surface area contributed by atoms with Gasteiger partial charge in [0.1, 0.15) is 6.54 Å². The first kappa shape index (κ1) is 13.1. The van der Waals surface area contributed by atoms with Gasteiger partial charge in [0.05, 0.1) is 11.3 Å². The number of aliphatic carboxylic acids is 1. The predicted octanol–water partition coefficient (Wildman–Crippen LogP) is 1.54. The van der Waals surface area contributed by atoms with Gasteiger partial charge in [0, 0.05) is 0 Å². The summed E-state index contributed by atoms with van der Waals surface area (Å²) >= 11 is 0. The molecule has 0 aliphatic carbocycles. The number of nitrogens with zero attached hydrogens (tertiary/aromatic N) is 2. The van der Waals surface area contributed by atoms with Gasteiger partial charge in [0.2, 0.25) is 11.5 Å². The van der Waals surface area contributed by atoms with Gasteiger partial charge in [-0.25, -0.2) is 4.79 Å². The van der Waals surface area contributed by atoms with E-state index in [1.807, 2.05) is 0 Å². The van der Waals surface area contributed by atoms with Crippen molar-refractivity contribution in [2.75, 3.05) is 11.6 Å². The minimum absolute atomic E-state index is 0.220. The van der Waals surface area contributed by atoms with Crippen molar-refractivity contribution in [2.45, 2.75) is 6.18 Å². The second-order valence-electron chi connectivity index (χ2n) is 3.78. The van der Waals surface area contributed by atoms with Gasteiger partial charge in [0.15, 0.2) is 0 Å². The van der Waals surface area contributed by atoms with Crippen molar-refractivity contribution in [1.29, 1.82) is 0 Å². The number of Topliss-reactive ketones (excluding diaryl/α,β-unsaturated/α-hetero) is 1. The van der Waals surface area contributed by atoms with Crippen LogP contribution in [-0.4, -0.2) is 29.1 Å². The number of anilines is 1. The number of carbonyl (C=O) groups is 2. The molecule has 1 N–H and O–H groups in total. The Morgan fingerprint density at radius 1 is 1.26 bits per heavy atom. The van der Waals surface area contributed by atoms with Crippen LogP contribution in [0.2, 0.25) is 0 Å². The summed E-state index contributed by atoms with van der Waals surface area (Å²) in [5, 5.41) is 13.3. The molecule has 0 aromatic heterocycles. The molecular formula is C11H7F3N2O3. The Hall–Kier alpha value is -2.38. The highest BCUT2D eigenvalue weighted by Gasteiger charge is 2.32. The summed E-state index contributed by atoms with van der Waals surface area (Å²) < 4.78 is 37.1. The zero-order valence-electron chi connectivity index (χ0n) is 9.31. The van der Waals surface area contributed by atoms with Crippen molar-refractivity contribution < 1.29 is 27.9 Å². The Morgan fingerprint density at radius 2 is 1.84 bits per heavy atom. The van der Waals surface area contributed by atoms with E-state index in [1.54, 1.807) is 0 Å². The number of ketones is 1. The molecule has 0 atom stereocenters. The summed E-state index contributed by atoms with van der Waals surface area (Å²) in [7, 11) is 0. The van der Waals surface area contributed by atoms with E-state index in [4.69, 9.17) is 5.11 Å². The number of carboxylic acids is 1. The molecule has 0 saturated carbocycles. The molecule has 1 aromatic rings. The summed E-state index contributed by atoms with van der Waals surface area (Å²) in [4.78, 5) is 21.9. The molecule has 1 aliphatic rings. The Bertz CT molecular complexity index is 564. The van der Waals surface area contributed by atoms with Crippen molar-refractivity contribution in [2.24, 2.45) is 5.10 Å². The highest BCUT2D eigenvalue weighted by Crippen LogP contribution is 2.30. The zero-order chi connectivity index (χ0) is 14.2. The van der Waals surface area contributed by atoms with Gasteiger partial charge in [-0.15, -0.1) is 0 Å². The summed E-state index contributed by atoms with van der Waals surface area (Å²) in [6.07, 6.45) is -4.45. The average Bonchev–Trinajstić information content (AvgIpc) is 2.70. The third kappa shape index (κ3) is 2.56. The molecule has 0 fully saturated rings. The van der Waals surface area contributed by atoms with E-state index in [0.717, 1.165) is 29.3 Å². The fourth-order valence-corrected chi connectivity index (χ4v) is 1.56. The second kappa shape index (κ2) is 4.38. The third-order valence-electron chi connectivity index (χ3n) is 2.47. The number of benzene rings is 1. The molecule has 0 unspecified atom stereocenters. The van der Waals surface area contributed by atoms with Crippen LogP contribution in [-0.2, 0) is 15.8 Å².